The second kappa shape index (κ2) is 9.86. The molecule has 1 fully saturated rings. The van der Waals surface area contributed by atoms with E-state index in [4.69, 9.17) is 9.47 Å². The number of hydrogen-bond donors (Lipinski definition) is 2. The van der Waals surface area contributed by atoms with Crippen LogP contribution in [0.5, 0.6) is 5.75 Å². The Bertz CT molecular complexity index is 920. The monoisotopic (exact) mass is 453 g/mol. The summed E-state index contributed by atoms with van der Waals surface area (Å²) < 4.78 is 38.3. The van der Waals surface area contributed by atoms with Gasteiger partial charge in [-0.25, -0.2) is 8.42 Å². The lowest BCUT2D eigenvalue weighted by molar-refractivity contribution is -0.134. The second-order valence-electron chi connectivity index (χ2n) is 7.94. The number of sulfonamides is 1. The summed E-state index contributed by atoms with van der Waals surface area (Å²) in [4.78, 5) is 26.8. The van der Waals surface area contributed by atoms with Crippen molar-refractivity contribution in [3.8, 4) is 5.75 Å². The number of ether oxygens (including phenoxy) is 2. The third-order valence-electron chi connectivity index (χ3n) is 5.65. The number of anilines is 1. The van der Waals surface area contributed by atoms with Crippen molar-refractivity contribution in [1.82, 2.24) is 10.2 Å². The third-order valence-corrected chi connectivity index (χ3v) is 6.96. The van der Waals surface area contributed by atoms with Crippen molar-refractivity contribution >= 4 is 27.5 Å². The van der Waals surface area contributed by atoms with Gasteiger partial charge >= 0.3 is 0 Å². The minimum absolute atomic E-state index is 0.0334. The van der Waals surface area contributed by atoms with Crippen LogP contribution in [-0.4, -0.2) is 69.3 Å². The zero-order chi connectivity index (χ0) is 22.6. The Labute approximate surface area is 183 Å². The summed E-state index contributed by atoms with van der Waals surface area (Å²) in [5.74, 6) is 0.0210. The van der Waals surface area contributed by atoms with Crippen molar-refractivity contribution in [3.63, 3.8) is 0 Å². The Kier molecular flexibility index (Phi) is 7.42. The molecule has 2 aliphatic rings. The molecule has 0 aliphatic carbocycles. The van der Waals surface area contributed by atoms with Gasteiger partial charge in [0.15, 0.2) is 0 Å². The van der Waals surface area contributed by atoms with E-state index in [1.165, 1.54) is 6.07 Å². The smallest absolute Gasteiger partial charge is 0.257 e. The summed E-state index contributed by atoms with van der Waals surface area (Å²) in [5, 5.41) is 2.86. The summed E-state index contributed by atoms with van der Waals surface area (Å²) in [7, 11) is -1.74. The standard InChI is InChI=1S/C21H31N3O6S/c1-4-10-22-20(25)12-15-7-8-17-19(30-15)13-29-18-9-6-14(23-31(27,28)5-2)11-16(18)21(26)24(17)3/h6,9,11,15,17,19,23H,4-5,7-8,10,12-13H2,1-3H3,(H,22,25)/t15-,17-,19+/m0/s1. The van der Waals surface area contributed by atoms with Crippen molar-refractivity contribution in [2.24, 2.45) is 0 Å². The minimum atomic E-state index is -3.46. The lowest BCUT2D eigenvalue weighted by Gasteiger charge is -2.42. The Hall–Kier alpha value is -2.33. The van der Waals surface area contributed by atoms with Gasteiger partial charge in [0.1, 0.15) is 18.5 Å². The molecule has 10 heteroatoms. The number of hydrogen-bond acceptors (Lipinski definition) is 6. The molecule has 31 heavy (non-hydrogen) atoms. The van der Waals surface area contributed by atoms with Crippen molar-refractivity contribution < 1.29 is 27.5 Å². The SMILES string of the molecule is CCCNC(=O)C[C@@H]1CC[C@H]2[C@@H](COc3ccc(NS(=O)(=O)CC)cc3C(=O)N2C)O1. The first-order valence-electron chi connectivity index (χ1n) is 10.7. The average molecular weight is 454 g/mol. The van der Waals surface area contributed by atoms with Gasteiger partial charge in [0.05, 0.1) is 29.9 Å². The first-order valence-corrected chi connectivity index (χ1v) is 12.4. The second-order valence-corrected chi connectivity index (χ2v) is 9.95. The van der Waals surface area contributed by atoms with Crippen LogP contribution in [0.25, 0.3) is 0 Å². The van der Waals surface area contributed by atoms with Crippen LogP contribution < -0.4 is 14.8 Å². The maximum atomic E-state index is 13.2. The highest BCUT2D eigenvalue weighted by atomic mass is 32.2. The number of benzene rings is 1. The molecule has 2 aliphatic heterocycles. The van der Waals surface area contributed by atoms with Gasteiger partial charge < -0.3 is 19.7 Å². The van der Waals surface area contributed by atoms with Crippen LogP contribution in [-0.2, 0) is 19.6 Å². The van der Waals surface area contributed by atoms with Crippen LogP contribution in [0.4, 0.5) is 5.69 Å². The van der Waals surface area contributed by atoms with Gasteiger partial charge in [0.25, 0.3) is 5.91 Å². The summed E-state index contributed by atoms with van der Waals surface area (Å²) >= 11 is 0. The van der Waals surface area contributed by atoms with E-state index < -0.39 is 10.0 Å². The predicted octanol–water partition coefficient (Wildman–Crippen LogP) is 1.75. The van der Waals surface area contributed by atoms with Crippen LogP contribution in [0.3, 0.4) is 0 Å². The van der Waals surface area contributed by atoms with Crippen LogP contribution in [0.2, 0.25) is 0 Å². The number of amides is 2. The molecule has 2 heterocycles. The van der Waals surface area contributed by atoms with Crippen molar-refractivity contribution in [3.05, 3.63) is 23.8 Å². The quantitative estimate of drug-likeness (QED) is 0.650. The molecule has 0 unspecified atom stereocenters. The zero-order valence-electron chi connectivity index (χ0n) is 18.2. The number of nitrogens with zero attached hydrogens (tertiary/aromatic N) is 1. The largest absolute Gasteiger partial charge is 0.490 e. The molecule has 1 aromatic carbocycles. The summed E-state index contributed by atoms with van der Waals surface area (Å²) in [6.45, 7) is 4.43. The van der Waals surface area contributed by atoms with E-state index in [1.54, 1.807) is 31.0 Å². The molecule has 1 saturated heterocycles. The average Bonchev–Trinajstić information content (AvgIpc) is 2.75. The normalized spacial score (nSPS) is 23.6. The van der Waals surface area contributed by atoms with Gasteiger partial charge in [-0.05, 0) is 44.4 Å². The van der Waals surface area contributed by atoms with E-state index in [2.05, 4.69) is 10.0 Å². The maximum Gasteiger partial charge on any atom is 0.257 e. The summed E-state index contributed by atoms with van der Waals surface area (Å²) in [6.07, 6.45) is 1.97. The molecular formula is C21H31N3O6S. The van der Waals surface area contributed by atoms with Gasteiger partial charge in [-0.15, -0.1) is 0 Å². The molecule has 3 rings (SSSR count). The van der Waals surface area contributed by atoms with E-state index in [0.717, 1.165) is 6.42 Å². The summed E-state index contributed by atoms with van der Waals surface area (Å²) in [6, 6.07) is 4.48. The fourth-order valence-corrected chi connectivity index (χ4v) is 4.52. The highest BCUT2D eigenvalue weighted by Crippen LogP contribution is 2.32. The number of likely N-dealkylation sites (N-methyl/N-ethyl adjacent to an activating group) is 1. The van der Waals surface area contributed by atoms with E-state index >= 15 is 0 Å². The molecular weight excluding hydrogens is 422 g/mol. The fraction of sp³-hybridized carbons (Fsp3) is 0.619. The van der Waals surface area contributed by atoms with E-state index in [9.17, 15) is 18.0 Å². The topological polar surface area (TPSA) is 114 Å². The lowest BCUT2D eigenvalue weighted by Crippen LogP contribution is -2.54. The van der Waals surface area contributed by atoms with Crippen LogP contribution >= 0.6 is 0 Å². The Balaban J connectivity index is 1.75. The van der Waals surface area contributed by atoms with Gasteiger partial charge in [-0.2, -0.15) is 0 Å². The molecule has 2 N–H and O–H groups in total. The number of rotatable bonds is 7. The molecule has 0 aromatic heterocycles. The predicted molar refractivity (Wildman–Crippen MR) is 117 cm³/mol. The van der Waals surface area contributed by atoms with E-state index in [0.29, 0.717) is 42.8 Å². The van der Waals surface area contributed by atoms with Crippen molar-refractivity contribution in [2.75, 3.05) is 30.7 Å². The number of carbonyl (C=O) groups excluding carboxylic acids is 2. The lowest BCUT2D eigenvalue weighted by atomic mass is 9.94. The maximum absolute atomic E-state index is 13.2. The molecule has 0 bridgehead atoms. The third kappa shape index (κ3) is 5.68. The Morgan fingerprint density at radius 3 is 2.74 bits per heavy atom. The van der Waals surface area contributed by atoms with E-state index in [-0.39, 0.29) is 42.4 Å². The van der Waals surface area contributed by atoms with Crippen molar-refractivity contribution in [1.29, 1.82) is 0 Å². The van der Waals surface area contributed by atoms with Crippen LogP contribution in [0.15, 0.2) is 18.2 Å². The van der Waals surface area contributed by atoms with Gasteiger partial charge in [-0.1, -0.05) is 6.92 Å². The van der Waals surface area contributed by atoms with Crippen molar-refractivity contribution in [2.45, 2.75) is 57.8 Å². The molecule has 2 amide bonds. The highest BCUT2D eigenvalue weighted by Gasteiger charge is 2.39. The Morgan fingerprint density at radius 2 is 2.03 bits per heavy atom. The molecule has 0 spiro atoms. The minimum Gasteiger partial charge on any atom is -0.490 e. The molecule has 1 aromatic rings. The fourth-order valence-electron chi connectivity index (χ4n) is 3.89. The number of carbonyl (C=O) groups is 2. The van der Waals surface area contributed by atoms with Gasteiger partial charge in [0, 0.05) is 19.3 Å². The molecule has 9 nitrogen and oxygen atoms in total. The molecule has 0 saturated carbocycles. The van der Waals surface area contributed by atoms with Gasteiger partial charge in [-0.3, -0.25) is 14.3 Å². The number of nitrogens with one attached hydrogen (secondary N) is 2. The van der Waals surface area contributed by atoms with E-state index in [1.807, 2.05) is 6.92 Å². The zero-order valence-corrected chi connectivity index (χ0v) is 19.0. The molecule has 172 valence electrons. The first kappa shape index (κ1) is 23.3. The summed E-state index contributed by atoms with van der Waals surface area (Å²) in [5.41, 5.74) is 0.624. The first-order chi connectivity index (χ1) is 14.7. The van der Waals surface area contributed by atoms with Crippen LogP contribution in [0.1, 0.15) is 49.9 Å². The Morgan fingerprint density at radius 1 is 1.26 bits per heavy atom. The highest BCUT2D eigenvalue weighted by molar-refractivity contribution is 7.92. The van der Waals surface area contributed by atoms with Gasteiger partial charge in [0.2, 0.25) is 15.9 Å². The van der Waals surface area contributed by atoms with Crippen LogP contribution in [0, 0.1) is 0 Å². The molecule has 3 atom stereocenters. The molecule has 0 radical (unpaired) electrons. The number of fused-ring (bicyclic) bond motifs is 2.